The van der Waals surface area contributed by atoms with Crippen LogP contribution in [0.4, 0.5) is 17.1 Å². The Kier molecular flexibility index (Phi) is 8.53. The summed E-state index contributed by atoms with van der Waals surface area (Å²) >= 11 is 0. The van der Waals surface area contributed by atoms with E-state index in [1.165, 1.54) is 70.8 Å². The zero-order valence-corrected chi connectivity index (χ0v) is 34.0. The molecule has 0 radical (unpaired) electrons. The Labute approximate surface area is 360 Å². The van der Waals surface area contributed by atoms with Crippen molar-refractivity contribution in [1.29, 1.82) is 0 Å². The predicted octanol–water partition coefficient (Wildman–Crippen LogP) is 16.7. The molecule has 0 aliphatic rings. The summed E-state index contributed by atoms with van der Waals surface area (Å²) in [5.74, 6) is 0. The van der Waals surface area contributed by atoms with Gasteiger partial charge in [-0.25, -0.2) is 0 Å². The van der Waals surface area contributed by atoms with Crippen LogP contribution >= 0.6 is 0 Å². The molecule has 1 heterocycles. The third kappa shape index (κ3) is 5.80. The zero-order valence-electron chi connectivity index (χ0n) is 34.0. The van der Waals surface area contributed by atoms with E-state index in [1.54, 1.807) is 0 Å². The molecular weight excluding hydrogens is 749 g/mol. The number of hydrogen-bond donors (Lipinski definition) is 0. The molecule has 0 fully saturated rings. The second-order valence-corrected chi connectivity index (χ2v) is 16.0. The van der Waals surface area contributed by atoms with Crippen molar-refractivity contribution >= 4 is 71.2 Å². The van der Waals surface area contributed by atoms with E-state index in [2.05, 4.69) is 252 Å². The van der Waals surface area contributed by atoms with Crippen LogP contribution in [0.15, 0.2) is 243 Å². The highest BCUT2D eigenvalue weighted by molar-refractivity contribution is 6.21. The van der Waals surface area contributed by atoms with E-state index in [0.29, 0.717) is 0 Å². The van der Waals surface area contributed by atoms with E-state index in [-0.39, 0.29) is 0 Å². The first-order valence-corrected chi connectivity index (χ1v) is 21.4. The standard InChI is InChI=1S/C60H40N2/c1-4-25-46-41(18-1)21-16-32-48(46)44-23-15-24-45(40-44)61(55-34-11-7-28-51(55)50-33-17-22-42-19-2-5-26-47(42)50)56-35-12-8-29-52(56)53-30-9-13-36-57(53)62-58-37-14-10-31-54(58)60-49-27-6-3-20-43(49)38-39-59(60)62/h1-40H. The summed E-state index contributed by atoms with van der Waals surface area (Å²) in [7, 11) is 0. The molecule has 290 valence electrons. The molecular formula is C60H40N2. The largest absolute Gasteiger partial charge is 0.309 e. The maximum atomic E-state index is 2.48. The Bertz CT molecular complexity index is 3660. The van der Waals surface area contributed by atoms with Gasteiger partial charge in [0.05, 0.1) is 28.1 Å². The van der Waals surface area contributed by atoms with Crippen molar-refractivity contribution in [2.45, 2.75) is 0 Å². The number of aromatic nitrogens is 1. The average molecular weight is 789 g/mol. The van der Waals surface area contributed by atoms with Crippen LogP contribution in [0.3, 0.4) is 0 Å². The number of nitrogens with zero attached hydrogens (tertiary/aromatic N) is 2. The molecule has 0 amide bonds. The van der Waals surface area contributed by atoms with Gasteiger partial charge in [-0.15, -0.1) is 0 Å². The summed E-state index contributed by atoms with van der Waals surface area (Å²) < 4.78 is 2.47. The van der Waals surface area contributed by atoms with E-state index in [0.717, 1.165) is 39.4 Å². The van der Waals surface area contributed by atoms with Crippen LogP contribution in [0.25, 0.3) is 93.2 Å². The Morgan fingerprint density at radius 2 is 0.774 bits per heavy atom. The number of rotatable bonds is 7. The van der Waals surface area contributed by atoms with Gasteiger partial charge in [0.1, 0.15) is 0 Å². The molecule has 2 heteroatoms. The number of anilines is 3. The molecule has 0 saturated heterocycles. The van der Waals surface area contributed by atoms with Crippen LogP contribution in [0.2, 0.25) is 0 Å². The summed E-state index contributed by atoms with van der Waals surface area (Å²) in [6, 6.07) is 88.6. The first kappa shape index (κ1) is 35.7. The Hall–Kier alpha value is -8.20. The number of hydrogen-bond acceptors (Lipinski definition) is 1. The van der Waals surface area contributed by atoms with Crippen molar-refractivity contribution in [2.75, 3.05) is 4.90 Å². The summed E-state index contributed by atoms with van der Waals surface area (Å²) in [5, 5.41) is 9.95. The van der Waals surface area contributed by atoms with Crippen molar-refractivity contribution in [1.82, 2.24) is 4.57 Å². The van der Waals surface area contributed by atoms with Gasteiger partial charge < -0.3 is 9.47 Å². The second kappa shape index (κ2) is 14.8. The van der Waals surface area contributed by atoms with Gasteiger partial charge in [-0.3, -0.25) is 0 Å². The minimum absolute atomic E-state index is 1.08. The first-order chi connectivity index (χ1) is 30.8. The molecule has 2 nitrogen and oxygen atoms in total. The van der Waals surface area contributed by atoms with Crippen molar-refractivity contribution in [3.8, 4) is 39.1 Å². The molecule has 12 aromatic rings. The third-order valence-corrected chi connectivity index (χ3v) is 12.6. The molecule has 0 saturated carbocycles. The molecule has 0 N–H and O–H groups in total. The fourth-order valence-corrected chi connectivity index (χ4v) is 9.85. The lowest BCUT2D eigenvalue weighted by molar-refractivity contribution is 1.18. The second-order valence-electron chi connectivity index (χ2n) is 16.0. The van der Waals surface area contributed by atoms with Gasteiger partial charge in [-0.2, -0.15) is 0 Å². The molecule has 12 rings (SSSR count). The molecule has 0 unspecified atom stereocenters. The number of benzene rings is 11. The Morgan fingerprint density at radius 3 is 1.50 bits per heavy atom. The third-order valence-electron chi connectivity index (χ3n) is 12.6. The summed E-state index contributed by atoms with van der Waals surface area (Å²) in [6.07, 6.45) is 0. The van der Waals surface area contributed by atoms with Crippen LogP contribution in [0.1, 0.15) is 0 Å². The minimum Gasteiger partial charge on any atom is -0.309 e. The molecule has 0 atom stereocenters. The van der Waals surface area contributed by atoms with E-state index < -0.39 is 0 Å². The lowest BCUT2D eigenvalue weighted by atomic mass is 9.94. The van der Waals surface area contributed by atoms with Crippen molar-refractivity contribution in [2.24, 2.45) is 0 Å². The zero-order chi connectivity index (χ0) is 41.0. The molecule has 0 bridgehead atoms. The summed E-state index contributed by atoms with van der Waals surface area (Å²) in [4.78, 5) is 2.48. The van der Waals surface area contributed by atoms with Gasteiger partial charge in [0.15, 0.2) is 0 Å². The lowest BCUT2D eigenvalue weighted by Gasteiger charge is -2.31. The maximum absolute atomic E-state index is 2.48. The quantitative estimate of drug-likeness (QED) is 0.156. The average Bonchev–Trinajstić information content (AvgIpc) is 3.69. The van der Waals surface area contributed by atoms with Gasteiger partial charge in [0.2, 0.25) is 0 Å². The topological polar surface area (TPSA) is 8.17 Å². The van der Waals surface area contributed by atoms with Crippen LogP contribution in [-0.4, -0.2) is 4.57 Å². The fourth-order valence-electron chi connectivity index (χ4n) is 9.85. The van der Waals surface area contributed by atoms with Crippen LogP contribution in [0, 0.1) is 0 Å². The maximum Gasteiger partial charge on any atom is 0.0547 e. The summed E-state index contributed by atoms with van der Waals surface area (Å²) in [6.45, 7) is 0. The molecule has 0 spiro atoms. The molecule has 62 heavy (non-hydrogen) atoms. The summed E-state index contributed by atoms with van der Waals surface area (Å²) in [5.41, 5.74) is 13.8. The van der Waals surface area contributed by atoms with Gasteiger partial charge in [-0.1, -0.05) is 200 Å². The van der Waals surface area contributed by atoms with Crippen LogP contribution < -0.4 is 4.90 Å². The van der Waals surface area contributed by atoms with Crippen molar-refractivity contribution in [3.05, 3.63) is 243 Å². The smallest absolute Gasteiger partial charge is 0.0547 e. The van der Waals surface area contributed by atoms with Gasteiger partial charge in [-0.05, 0) is 91.5 Å². The van der Waals surface area contributed by atoms with Crippen molar-refractivity contribution in [3.63, 3.8) is 0 Å². The van der Waals surface area contributed by atoms with E-state index in [9.17, 15) is 0 Å². The highest BCUT2D eigenvalue weighted by atomic mass is 15.1. The van der Waals surface area contributed by atoms with E-state index in [1.807, 2.05) is 0 Å². The lowest BCUT2D eigenvalue weighted by Crippen LogP contribution is -2.13. The van der Waals surface area contributed by atoms with E-state index in [4.69, 9.17) is 0 Å². The first-order valence-electron chi connectivity index (χ1n) is 21.4. The van der Waals surface area contributed by atoms with E-state index >= 15 is 0 Å². The normalized spacial score (nSPS) is 11.5. The number of para-hydroxylation sites is 4. The highest BCUT2D eigenvalue weighted by Gasteiger charge is 2.24. The molecule has 11 aromatic carbocycles. The van der Waals surface area contributed by atoms with Gasteiger partial charge in [0, 0.05) is 33.2 Å². The molecule has 0 aliphatic heterocycles. The van der Waals surface area contributed by atoms with Crippen LogP contribution in [0.5, 0.6) is 0 Å². The molecule has 1 aromatic heterocycles. The SMILES string of the molecule is c1cc(-c2cccc3ccccc23)cc(N(c2ccccc2-c2ccccc2-n2c3ccccc3c3c4ccccc4ccc32)c2ccccc2-c2cccc3ccccc23)c1. The number of fused-ring (bicyclic) bond motifs is 7. The predicted molar refractivity (Wildman–Crippen MR) is 264 cm³/mol. The van der Waals surface area contributed by atoms with Gasteiger partial charge in [0.25, 0.3) is 0 Å². The molecule has 0 aliphatic carbocycles. The fraction of sp³-hybridized carbons (Fsp3) is 0. The van der Waals surface area contributed by atoms with Crippen LogP contribution in [-0.2, 0) is 0 Å². The minimum atomic E-state index is 1.08. The monoisotopic (exact) mass is 788 g/mol. The highest BCUT2D eigenvalue weighted by Crippen LogP contribution is 2.48. The Morgan fingerprint density at radius 1 is 0.290 bits per heavy atom. The van der Waals surface area contributed by atoms with Gasteiger partial charge >= 0.3 is 0 Å². The van der Waals surface area contributed by atoms with Crippen molar-refractivity contribution < 1.29 is 0 Å². The Balaban J connectivity index is 1.13.